The predicted octanol–water partition coefficient (Wildman–Crippen LogP) is 1.74. The maximum Gasteiger partial charge on any atom is 0.332 e. The highest BCUT2D eigenvalue weighted by Crippen LogP contribution is 2.37. The minimum atomic E-state index is -0.557. The van der Waals surface area contributed by atoms with Crippen LogP contribution in [-0.4, -0.2) is 37.4 Å². The van der Waals surface area contributed by atoms with Crippen molar-refractivity contribution >= 4 is 5.95 Å². The zero-order valence-electron chi connectivity index (χ0n) is 17.9. The zero-order valence-corrected chi connectivity index (χ0v) is 17.9. The lowest BCUT2D eigenvalue weighted by atomic mass is 9.88. The standard InChI is InChI=1S/C23H26N6O2/c1-3-16-10-24-23(25-11-16)27-9-8-18-13-28-20(19(18)14-27)26-29(22(31)21(28)30)12-17-6-4-15(2)5-7-17/h4-7,10-11,18-19H,3,8-9,12-14H2,1-2H3/t18-,19-/m1/s1. The molecule has 8 nitrogen and oxygen atoms in total. The van der Waals surface area contributed by atoms with Crippen molar-refractivity contribution < 1.29 is 0 Å². The molecule has 1 fully saturated rings. The maximum atomic E-state index is 12.8. The monoisotopic (exact) mass is 418 g/mol. The molecule has 1 aromatic carbocycles. The maximum absolute atomic E-state index is 12.8. The highest BCUT2D eigenvalue weighted by Gasteiger charge is 2.40. The van der Waals surface area contributed by atoms with Crippen LogP contribution in [0.25, 0.3) is 0 Å². The largest absolute Gasteiger partial charge is 0.340 e. The number of hydrogen-bond donors (Lipinski definition) is 0. The Labute approximate surface area is 180 Å². The number of piperidine rings is 1. The molecule has 0 amide bonds. The second-order valence-corrected chi connectivity index (χ2v) is 8.57. The van der Waals surface area contributed by atoms with Crippen molar-refractivity contribution in [3.63, 3.8) is 0 Å². The smallest absolute Gasteiger partial charge is 0.332 e. The van der Waals surface area contributed by atoms with Crippen LogP contribution in [0.15, 0.2) is 46.2 Å². The normalized spacial score (nSPS) is 19.9. The highest BCUT2D eigenvalue weighted by atomic mass is 16.2. The van der Waals surface area contributed by atoms with Crippen LogP contribution in [0.3, 0.4) is 0 Å². The predicted molar refractivity (Wildman–Crippen MR) is 118 cm³/mol. The molecule has 3 aromatic rings. The first-order valence-electron chi connectivity index (χ1n) is 10.9. The third-order valence-corrected chi connectivity index (χ3v) is 6.50. The summed E-state index contributed by atoms with van der Waals surface area (Å²) < 4.78 is 2.92. The zero-order chi connectivity index (χ0) is 21.5. The van der Waals surface area contributed by atoms with Gasteiger partial charge in [0.1, 0.15) is 5.82 Å². The van der Waals surface area contributed by atoms with Crippen LogP contribution in [0.1, 0.15) is 41.8 Å². The number of nitrogens with zero attached hydrogens (tertiary/aromatic N) is 6. The minimum Gasteiger partial charge on any atom is -0.340 e. The van der Waals surface area contributed by atoms with Gasteiger partial charge in [-0.1, -0.05) is 36.8 Å². The molecule has 2 aliphatic heterocycles. The highest BCUT2D eigenvalue weighted by molar-refractivity contribution is 5.33. The average molecular weight is 419 g/mol. The molecule has 160 valence electrons. The van der Waals surface area contributed by atoms with E-state index in [2.05, 4.69) is 26.9 Å². The SMILES string of the molecule is CCc1cnc(N2CC[C@@H]3Cn4c(nn(Cc5ccc(C)cc5)c(=O)c4=O)[C@@H]3C2)nc1. The van der Waals surface area contributed by atoms with Gasteiger partial charge in [0.25, 0.3) is 0 Å². The Morgan fingerprint density at radius 2 is 1.74 bits per heavy atom. The molecule has 2 atom stereocenters. The summed E-state index contributed by atoms with van der Waals surface area (Å²) in [4.78, 5) is 36.7. The first kappa shape index (κ1) is 19.7. The molecule has 2 aromatic heterocycles. The summed E-state index contributed by atoms with van der Waals surface area (Å²) in [6, 6.07) is 7.94. The van der Waals surface area contributed by atoms with Gasteiger partial charge < -0.3 is 4.90 Å². The van der Waals surface area contributed by atoms with Gasteiger partial charge in [-0.15, -0.1) is 0 Å². The summed E-state index contributed by atoms with van der Waals surface area (Å²) in [6.07, 6.45) is 5.57. The van der Waals surface area contributed by atoms with E-state index in [0.29, 0.717) is 37.3 Å². The molecular formula is C23H26N6O2. The van der Waals surface area contributed by atoms with Crippen LogP contribution in [0.5, 0.6) is 0 Å². The van der Waals surface area contributed by atoms with Crippen molar-refractivity contribution in [3.8, 4) is 0 Å². The first-order chi connectivity index (χ1) is 15.0. The molecule has 0 saturated carbocycles. The lowest BCUT2D eigenvalue weighted by molar-refractivity contribution is 0.360. The van der Waals surface area contributed by atoms with E-state index in [-0.39, 0.29) is 5.92 Å². The van der Waals surface area contributed by atoms with Crippen LogP contribution >= 0.6 is 0 Å². The third kappa shape index (κ3) is 3.56. The molecule has 0 N–H and O–H groups in total. The number of aromatic nitrogens is 5. The molecule has 2 aliphatic rings. The molecule has 1 saturated heterocycles. The lowest BCUT2D eigenvalue weighted by Gasteiger charge is -2.34. The minimum absolute atomic E-state index is 0.0840. The van der Waals surface area contributed by atoms with Crippen LogP contribution < -0.4 is 16.0 Å². The number of aryl methyl sites for hydroxylation is 2. The van der Waals surface area contributed by atoms with Crippen LogP contribution in [0.4, 0.5) is 5.95 Å². The van der Waals surface area contributed by atoms with E-state index in [1.165, 1.54) is 4.68 Å². The molecule has 0 aliphatic carbocycles. The van der Waals surface area contributed by atoms with Gasteiger partial charge >= 0.3 is 11.1 Å². The second-order valence-electron chi connectivity index (χ2n) is 8.57. The Morgan fingerprint density at radius 1 is 1.00 bits per heavy atom. The molecule has 0 spiro atoms. The summed E-state index contributed by atoms with van der Waals surface area (Å²) in [5.41, 5.74) is 2.18. The number of rotatable bonds is 4. The summed E-state index contributed by atoms with van der Waals surface area (Å²) in [7, 11) is 0. The molecular weight excluding hydrogens is 392 g/mol. The van der Waals surface area contributed by atoms with Gasteiger partial charge in [0.15, 0.2) is 0 Å². The molecule has 5 rings (SSSR count). The van der Waals surface area contributed by atoms with Crippen molar-refractivity contribution in [1.82, 2.24) is 24.3 Å². The van der Waals surface area contributed by atoms with Crippen molar-refractivity contribution in [1.29, 1.82) is 0 Å². The van der Waals surface area contributed by atoms with Gasteiger partial charge in [-0.05, 0) is 36.8 Å². The fourth-order valence-electron chi connectivity index (χ4n) is 4.60. The Balaban J connectivity index is 1.45. The van der Waals surface area contributed by atoms with Gasteiger partial charge in [0.2, 0.25) is 5.95 Å². The van der Waals surface area contributed by atoms with Gasteiger partial charge in [-0.25, -0.2) is 14.6 Å². The van der Waals surface area contributed by atoms with E-state index < -0.39 is 11.1 Å². The molecule has 0 bridgehead atoms. The molecule has 4 heterocycles. The second kappa shape index (κ2) is 7.76. The van der Waals surface area contributed by atoms with Crippen LogP contribution in [0.2, 0.25) is 0 Å². The van der Waals surface area contributed by atoms with E-state index in [1.54, 1.807) is 4.57 Å². The Hall–Kier alpha value is -3.29. The third-order valence-electron chi connectivity index (χ3n) is 6.50. The number of anilines is 1. The molecule has 31 heavy (non-hydrogen) atoms. The van der Waals surface area contributed by atoms with E-state index in [9.17, 15) is 9.59 Å². The topological polar surface area (TPSA) is 85.9 Å². The van der Waals surface area contributed by atoms with Crippen molar-refractivity contribution in [2.45, 2.75) is 45.7 Å². The summed E-state index contributed by atoms with van der Waals surface area (Å²) in [5.74, 6) is 1.81. The Morgan fingerprint density at radius 3 is 2.45 bits per heavy atom. The van der Waals surface area contributed by atoms with E-state index in [1.807, 2.05) is 43.6 Å². The Kier molecular flexibility index (Phi) is 4.92. The van der Waals surface area contributed by atoms with Gasteiger partial charge in [-0.2, -0.15) is 5.10 Å². The lowest BCUT2D eigenvalue weighted by Crippen LogP contribution is -2.44. The fourth-order valence-corrected chi connectivity index (χ4v) is 4.60. The average Bonchev–Trinajstić information content (AvgIpc) is 3.17. The van der Waals surface area contributed by atoms with Crippen LogP contribution in [0, 0.1) is 12.8 Å². The van der Waals surface area contributed by atoms with E-state index in [4.69, 9.17) is 0 Å². The quantitative estimate of drug-likeness (QED) is 0.600. The van der Waals surface area contributed by atoms with Gasteiger partial charge in [-0.3, -0.25) is 14.2 Å². The summed E-state index contributed by atoms with van der Waals surface area (Å²) in [6.45, 7) is 6.50. The van der Waals surface area contributed by atoms with Crippen molar-refractivity contribution in [2.24, 2.45) is 5.92 Å². The summed E-state index contributed by atoms with van der Waals surface area (Å²) >= 11 is 0. The van der Waals surface area contributed by atoms with E-state index >= 15 is 0 Å². The molecule has 0 unspecified atom stereocenters. The van der Waals surface area contributed by atoms with E-state index in [0.717, 1.165) is 36.1 Å². The van der Waals surface area contributed by atoms with Crippen molar-refractivity contribution in [2.75, 3.05) is 18.0 Å². The summed E-state index contributed by atoms with van der Waals surface area (Å²) in [5, 5.41) is 4.67. The Bertz CT molecular complexity index is 1210. The van der Waals surface area contributed by atoms with Gasteiger partial charge in [0.05, 0.1) is 6.54 Å². The fraction of sp³-hybridized carbons (Fsp3) is 0.435. The number of benzene rings is 1. The first-order valence-corrected chi connectivity index (χ1v) is 10.9. The van der Waals surface area contributed by atoms with Crippen molar-refractivity contribution in [3.05, 3.63) is 79.9 Å². The van der Waals surface area contributed by atoms with Gasteiger partial charge in [0, 0.05) is 37.9 Å². The molecule has 8 heteroatoms. The number of hydrogen-bond acceptors (Lipinski definition) is 6. The number of fused-ring (bicyclic) bond motifs is 3. The van der Waals surface area contributed by atoms with Crippen LogP contribution in [-0.2, 0) is 19.5 Å². The molecule has 0 radical (unpaired) electrons.